The van der Waals surface area contributed by atoms with Crippen molar-refractivity contribution >= 4 is 17.6 Å². The monoisotopic (exact) mass is 371 g/mol. The average molecular weight is 371 g/mol. The predicted octanol–water partition coefficient (Wildman–Crippen LogP) is 3.72. The fourth-order valence-electron chi connectivity index (χ4n) is 3.33. The lowest BCUT2D eigenvalue weighted by molar-refractivity contribution is -0.137. The summed E-state index contributed by atoms with van der Waals surface area (Å²) in [6.07, 6.45) is 1.86. The Morgan fingerprint density at radius 3 is 2.78 bits per heavy atom. The number of carboxylic acids is 1. The number of anilines is 1. The third kappa shape index (κ3) is 4.45. The number of para-hydroxylation sites is 1. The topological polar surface area (TPSA) is 66.8 Å². The molecule has 1 amide bonds. The minimum atomic E-state index is -0.953. The molecule has 0 saturated carbocycles. The van der Waals surface area contributed by atoms with Gasteiger partial charge in [-0.05, 0) is 48.1 Å². The van der Waals surface area contributed by atoms with Crippen LogP contribution in [0.2, 0.25) is 0 Å². The van der Waals surface area contributed by atoms with E-state index in [4.69, 9.17) is 9.84 Å². The van der Waals surface area contributed by atoms with Crippen LogP contribution in [-0.2, 0) is 29.0 Å². The molecule has 0 saturated heterocycles. The van der Waals surface area contributed by atoms with Gasteiger partial charge in [-0.3, -0.25) is 9.59 Å². The number of amides is 1. The summed E-state index contributed by atoms with van der Waals surface area (Å²) in [4.78, 5) is 24.3. The van der Waals surface area contributed by atoms with Crippen molar-refractivity contribution in [1.29, 1.82) is 0 Å². The highest BCUT2D eigenvalue weighted by Gasteiger charge is 2.23. The maximum atomic E-state index is 14.2. The van der Waals surface area contributed by atoms with Crippen molar-refractivity contribution in [3.05, 3.63) is 58.9 Å². The van der Waals surface area contributed by atoms with Crippen LogP contribution in [0.1, 0.15) is 36.5 Å². The van der Waals surface area contributed by atoms with Gasteiger partial charge in [0.2, 0.25) is 5.91 Å². The Kier molecular flexibility index (Phi) is 5.74. The summed E-state index contributed by atoms with van der Waals surface area (Å²) in [7, 11) is 0. The van der Waals surface area contributed by atoms with Crippen LogP contribution < -0.4 is 9.64 Å². The number of nitrogens with zero attached hydrogens (tertiary/aromatic N) is 1. The van der Waals surface area contributed by atoms with Crippen molar-refractivity contribution in [1.82, 2.24) is 0 Å². The molecule has 5 nitrogen and oxygen atoms in total. The third-order valence-electron chi connectivity index (χ3n) is 4.68. The molecule has 1 aliphatic rings. The van der Waals surface area contributed by atoms with Crippen molar-refractivity contribution in [3.8, 4) is 5.75 Å². The Balaban J connectivity index is 1.75. The Labute approximate surface area is 157 Å². The maximum absolute atomic E-state index is 14.2. The van der Waals surface area contributed by atoms with Gasteiger partial charge >= 0.3 is 5.97 Å². The summed E-state index contributed by atoms with van der Waals surface area (Å²) < 4.78 is 20.1. The van der Waals surface area contributed by atoms with E-state index < -0.39 is 11.8 Å². The molecule has 1 heterocycles. The first-order chi connectivity index (χ1) is 13.0. The molecule has 0 fully saturated rings. The molecule has 1 aliphatic heterocycles. The molecular formula is C21H22FNO4. The normalized spacial score (nSPS) is 13.2. The van der Waals surface area contributed by atoms with E-state index in [2.05, 4.69) is 0 Å². The van der Waals surface area contributed by atoms with Crippen LogP contribution in [0.3, 0.4) is 0 Å². The lowest BCUT2D eigenvalue weighted by Gasteiger charge is -2.30. The summed E-state index contributed by atoms with van der Waals surface area (Å²) in [6, 6.07) is 10.4. The number of carbonyl (C=O) groups is 2. The fraction of sp³-hybridized carbons (Fsp3) is 0.333. The van der Waals surface area contributed by atoms with E-state index in [0.717, 1.165) is 24.1 Å². The second-order valence-corrected chi connectivity index (χ2v) is 6.65. The summed E-state index contributed by atoms with van der Waals surface area (Å²) >= 11 is 0. The second-order valence-electron chi connectivity index (χ2n) is 6.65. The molecular weight excluding hydrogens is 349 g/mol. The lowest BCUT2D eigenvalue weighted by Crippen LogP contribution is -2.33. The number of aliphatic carboxylic acids is 1. The lowest BCUT2D eigenvalue weighted by atomic mass is 10.0. The summed E-state index contributed by atoms with van der Waals surface area (Å²) in [6.45, 7) is 2.37. The SMILES string of the molecule is CC(=O)N1CCCc2cccc(OCc3ccc(CCC(=O)O)c(F)c3)c21. The predicted molar refractivity (Wildman–Crippen MR) is 99.5 cm³/mol. The highest BCUT2D eigenvalue weighted by atomic mass is 19.1. The molecule has 27 heavy (non-hydrogen) atoms. The van der Waals surface area contributed by atoms with Crippen molar-refractivity contribution in [2.75, 3.05) is 11.4 Å². The summed E-state index contributed by atoms with van der Waals surface area (Å²) in [5, 5.41) is 8.72. The molecule has 2 aromatic rings. The van der Waals surface area contributed by atoms with Crippen LogP contribution in [0.25, 0.3) is 0 Å². The highest BCUT2D eigenvalue weighted by molar-refractivity contribution is 5.94. The van der Waals surface area contributed by atoms with E-state index in [1.165, 1.54) is 13.0 Å². The van der Waals surface area contributed by atoms with E-state index in [1.54, 1.807) is 17.0 Å². The van der Waals surface area contributed by atoms with Crippen LogP contribution in [0.15, 0.2) is 36.4 Å². The number of fused-ring (bicyclic) bond motifs is 1. The van der Waals surface area contributed by atoms with Crippen molar-refractivity contribution in [2.45, 2.75) is 39.2 Å². The van der Waals surface area contributed by atoms with E-state index in [0.29, 0.717) is 23.4 Å². The number of halogens is 1. The van der Waals surface area contributed by atoms with Gasteiger partial charge in [0.25, 0.3) is 0 Å². The van der Waals surface area contributed by atoms with E-state index in [9.17, 15) is 14.0 Å². The Morgan fingerprint density at radius 1 is 1.26 bits per heavy atom. The van der Waals surface area contributed by atoms with Gasteiger partial charge in [0, 0.05) is 19.9 Å². The summed E-state index contributed by atoms with van der Waals surface area (Å²) in [5.74, 6) is -0.804. The van der Waals surface area contributed by atoms with Crippen molar-refractivity contribution < 1.29 is 23.8 Å². The molecule has 0 unspecified atom stereocenters. The molecule has 0 bridgehead atoms. The largest absolute Gasteiger partial charge is 0.487 e. The quantitative estimate of drug-likeness (QED) is 0.840. The van der Waals surface area contributed by atoms with Gasteiger partial charge in [-0.15, -0.1) is 0 Å². The number of hydrogen-bond acceptors (Lipinski definition) is 3. The molecule has 0 radical (unpaired) electrons. The molecule has 142 valence electrons. The highest BCUT2D eigenvalue weighted by Crippen LogP contribution is 2.36. The molecule has 0 aliphatic carbocycles. The van der Waals surface area contributed by atoms with Gasteiger partial charge < -0.3 is 14.7 Å². The number of ether oxygens (including phenoxy) is 1. The first-order valence-electron chi connectivity index (χ1n) is 8.97. The van der Waals surface area contributed by atoms with Gasteiger partial charge in [0.1, 0.15) is 18.2 Å². The minimum absolute atomic E-state index is 0.0270. The van der Waals surface area contributed by atoms with E-state index in [-0.39, 0.29) is 25.4 Å². The maximum Gasteiger partial charge on any atom is 0.303 e. The van der Waals surface area contributed by atoms with Gasteiger partial charge in [0.15, 0.2) is 0 Å². The number of hydrogen-bond donors (Lipinski definition) is 1. The Morgan fingerprint density at radius 2 is 2.07 bits per heavy atom. The first-order valence-corrected chi connectivity index (χ1v) is 8.97. The molecule has 0 spiro atoms. The molecule has 2 aromatic carbocycles. The zero-order valence-electron chi connectivity index (χ0n) is 15.2. The van der Waals surface area contributed by atoms with Gasteiger partial charge in [0.05, 0.1) is 5.69 Å². The number of carbonyl (C=O) groups excluding carboxylic acids is 1. The first kappa shape index (κ1) is 18.9. The Bertz CT molecular complexity index is 865. The summed E-state index contributed by atoms with van der Waals surface area (Å²) in [5.41, 5.74) is 2.90. The van der Waals surface area contributed by atoms with Crippen LogP contribution >= 0.6 is 0 Å². The molecule has 3 rings (SSSR count). The molecule has 0 aromatic heterocycles. The van der Waals surface area contributed by atoms with Crippen LogP contribution in [-0.4, -0.2) is 23.5 Å². The second kappa shape index (κ2) is 8.20. The molecule has 6 heteroatoms. The van der Waals surface area contributed by atoms with Crippen LogP contribution in [0, 0.1) is 5.82 Å². The number of carboxylic acid groups (broad SMARTS) is 1. The van der Waals surface area contributed by atoms with Gasteiger partial charge in [-0.2, -0.15) is 0 Å². The van der Waals surface area contributed by atoms with Gasteiger partial charge in [-0.1, -0.05) is 24.3 Å². The standard InChI is InChI=1S/C21H22FNO4/c1-14(24)23-11-3-5-17-4-2-6-19(21(17)23)27-13-15-7-8-16(18(22)12-15)9-10-20(25)26/h2,4,6-8,12H,3,5,9-11,13H2,1H3,(H,25,26). The zero-order valence-corrected chi connectivity index (χ0v) is 15.2. The van der Waals surface area contributed by atoms with Crippen LogP contribution in [0.5, 0.6) is 5.75 Å². The third-order valence-corrected chi connectivity index (χ3v) is 4.68. The Hall–Kier alpha value is -2.89. The zero-order chi connectivity index (χ0) is 19.4. The average Bonchev–Trinajstić information content (AvgIpc) is 2.64. The minimum Gasteiger partial charge on any atom is -0.487 e. The number of benzene rings is 2. The van der Waals surface area contributed by atoms with Gasteiger partial charge in [-0.25, -0.2) is 4.39 Å². The molecule has 0 atom stereocenters. The van der Waals surface area contributed by atoms with E-state index >= 15 is 0 Å². The van der Waals surface area contributed by atoms with Crippen molar-refractivity contribution in [2.24, 2.45) is 0 Å². The smallest absolute Gasteiger partial charge is 0.303 e. The molecule has 1 N–H and O–H groups in total. The van der Waals surface area contributed by atoms with Crippen LogP contribution in [0.4, 0.5) is 10.1 Å². The number of rotatable bonds is 6. The van der Waals surface area contributed by atoms with Crippen molar-refractivity contribution in [3.63, 3.8) is 0 Å². The van der Waals surface area contributed by atoms with E-state index in [1.807, 2.05) is 18.2 Å². The fourth-order valence-corrected chi connectivity index (χ4v) is 3.33. The number of aryl methyl sites for hydroxylation is 2.